The summed E-state index contributed by atoms with van der Waals surface area (Å²) in [6.07, 6.45) is 1.40. The van der Waals surface area contributed by atoms with E-state index >= 15 is 0 Å². The SMILES string of the molecule is CCOc1ccc(S(=O)(=O)Nc2ccc(Oc3cc(-n4nc(C)cc4C)ncn3)cc2)cc1. The molecule has 0 saturated carbocycles. The van der Waals surface area contributed by atoms with Crippen LogP contribution >= 0.6 is 0 Å². The van der Waals surface area contributed by atoms with Gasteiger partial charge in [-0.2, -0.15) is 5.10 Å². The molecule has 0 fully saturated rings. The number of hydrogen-bond acceptors (Lipinski definition) is 7. The van der Waals surface area contributed by atoms with Crippen molar-refractivity contribution in [3.63, 3.8) is 0 Å². The lowest BCUT2D eigenvalue weighted by atomic mass is 10.3. The molecule has 33 heavy (non-hydrogen) atoms. The summed E-state index contributed by atoms with van der Waals surface area (Å²) in [6, 6.07) is 16.4. The molecular weight excluding hydrogens is 442 g/mol. The molecule has 4 rings (SSSR count). The maximum Gasteiger partial charge on any atom is 0.261 e. The zero-order valence-electron chi connectivity index (χ0n) is 18.4. The van der Waals surface area contributed by atoms with Gasteiger partial charge in [0.25, 0.3) is 10.0 Å². The van der Waals surface area contributed by atoms with Gasteiger partial charge in [-0.25, -0.2) is 23.1 Å². The van der Waals surface area contributed by atoms with Gasteiger partial charge < -0.3 is 9.47 Å². The second-order valence-electron chi connectivity index (χ2n) is 7.19. The highest BCUT2D eigenvalue weighted by Gasteiger charge is 2.14. The molecule has 10 heteroatoms. The molecule has 0 atom stereocenters. The number of anilines is 1. The monoisotopic (exact) mass is 465 g/mol. The fraction of sp³-hybridized carbons (Fsp3) is 0.174. The van der Waals surface area contributed by atoms with Crippen molar-refractivity contribution in [1.29, 1.82) is 0 Å². The van der Waals surface area contributed by atoms with E-state index in [1.165, 1.54) is 18.5 Å². The zero-order valence-corrected chi connectivity index (χ0v) is 19.2. The third-order valence-electron chi connectivity index (χ3n) is 4.63. The lowest BCUT2D eigenvalue weighted by Gasteiger charge is -2.10. The number of hydrogen-bond donors (Lipinski definition) is 1. The maximum absolute atomic E-state index is 12.6. The number of nitrogens with zero attached hydrogens (tertiary/aromatic N) is 4. The molecule has 2 aromatic heterocycles. The fourth-order valence-corrected chi connectivity index (χ4v) is 4.23. The topological polar surface area (TPSA) is 108 Å². The van der Waals surface area contributed by atoms with E-state index in [-0.39, 0.29) is 4.90 Å². The van der Waals surface area contributed by atoms with E-state index in [4.69, 9.17) is 9.47 Å². The Kier molecular flexibility index (Phi) is 6.27. The van der Waals surface area contributed by atoms with Crippen molar-refractivity contribution in [2.45, 2.75) is 25.7 Å². The molecule has 2 heterocycles. The largest absolute Gasteiger partial charge is 0.494 e. The normalized spacial score (nSPS) is 11.2. The van der Waals surface area contributed by atoms with Gasteiger partial charge in [0.15, 0.2) is 5.82 Å². The Morgan fingerprint density at radius 1 is 0.939 bits per heavy atom. The molecule has 0 aliphatic rings. The molecule has 9 nitrogen and oxygen atoms in total. The summed E-state index contributed by atoms with van der Waals surface area (Å²) >= 11 is 0. The number of aromatic nitrogens is 4. The molecule has 2 aromatic carbocycles. The third kappa shape index (κ3) is 5.29. The minimum absolute atomic E-state index is 0.143. The Labute approximate surface area is 192 Å². The zero-order chi connectivity index (χ0) is 23.4. The van der Waals surface area contributed by atoms with Crippen LogP contribution < -0.4 is 14.2 Å². The van der Waals surface area contributed by atoms with Gasteiger partial charge in [0.05, 0.1) is 17.2 Å². The average molecular weight is 466 g/mol. The molecular formula is C23H23N5O4S. The molecule has 170 valence electrons. The molecule has 0 aliphatic carbocycles. The summed E-state index contributed by atoms with van der Waals surface area (Å²) in [6.45, 7) is 6.23. The number of ether oxygens (including phenoxy) is 2. The van der Waals surface area contributed by atoms with Crippen LogP contribution in [0.1, 0.15) is 18.3 Å². The number of nitrogens with one attached hydrogen (secondary N) is 1. The van der Waals surface area contributed by atoms with Crippen LogP contribution in [-0.4, -0.2) is 34.8 Å². The third-order valence-corrected chi connectivity index (χ3v) is 6.03. The van der Waals surface area contributed by atoms with Gasteiger partial charge in [-0.3, -0.25) is 4.72 Å². The van der Waals surface area contributed by atoms with Crippen LogP contribution in [0.5, 0.6) is 17.4 Å². The van der Waals surface area contributed by atoms with Crippen LogP contribution in [0.4, 0.5) is 5.69 Å². The standard InChI is InChI=1S/C23H23N5O4S/c1-4-31-19-9-11-21(12-10-19)33(29,30)27-18-5-7-20(8-6-18)32-23-14-22(24-15-25-23)28-17(3)13-16(2)26-28/h5-15,27H,4H2,1-3H3. The Morgan fingerprint density at radius 2 is 1.64 bits per heavy atom. The molecule has 0 spiro atoms. The lowest BCUT2D eigenvalue weighted by Crippen LogP contribution is -2.12. The minimum Gasteiger partial charge on any atom is -0.494 e. The molecule has 0 amide bonds. The van der Waals surface area contributed by atoms with Crippen molar-refractivity contribution >= 4 is 15.7 Å². The van der Waals surface area contributed by atoms with Crippen molar-refractivity contribution in [1.82, 2.24) is 19.7 Å². The van der Waals surface area contributed by atoms with E-state index in [1.807, 2.05) is 26.8 Å². The predicted molar refractivity (Wildman–Crippen MR) is 124 cm³/mol. The van der Waals surface area contributed by atoms with Crippen molar-refractivity contribution in [3.05, 3.63) is 78.4 Å². The highest BCUT2D eigenvalue weighted by Crippen LogP contribution is 2.24. The summed E-state index contributed by atoms with van der Waals surface area (Å²) in [5.74, 6) is 2.04. The molecule has 0 radical (unpaired) electrons. The van der Waals surface area contributed by atoms with Gasteiger partial charge >= 0.3 is 0 Å². The second kappa shape index (κ2) is 9.29. The van der Waals surface area contributed by atoms with Crippen molar-refractivity contribution in [2.75, 3.05) is 11.3 Å². The van der Waals surface area contributed by atoms with Crippen LogP contribution in [0, 0.1) is 13.8 Å². The number of sulfonamides is 1. The molecule has 0 saturated heterocycles. The Morgan fingerprint density at radius 3 is 2.27 bits per heavy atom. The molecule has 4 aromatic rings. The molecule has 0 aliphatic heterocycles. The van der Waals surface area contributed by atoms with Crippen LogP contribution in [0.3, 0.4) is 0 Å². The first-order valence-corrected chi connectivity index (χ1v) is 11.7. The summed E-state index contributed by atoms with van der Waals surface area (Å²) in [5.41, 5.74) is 2.24. The van der Waals surface area contributed by atoms with E-state index in [1.54, 1.807) is 47.1 Å². The number of rotatable bonds is 8. The smallest absolute Gasteiger partial charge is 0.261 e. The Bertz CT molecular complexity index is 1350. The highest BCUT2D eigenvalue weighted by molar-refractivity contribution is 7.92. The maximum atomic E-state index is 12.6. The van der Waals surface area contributed by atoms with Gasteiger partial charge in [0, 0.05) is 17.4 Å². The van der Waals surface area contributed by atoms with E-state index in [2.05, 4.69) is 19.8 Å². The summed E-state index contributed by atoms with van der Waals surface area (Å²) in [4.78, 5) is 8.53. The second-order valence-corrected chi connectivity index (χ2v) is 8.87. The number of benzene rings is 2. The van der Waals surface area contributed by atoms with Crippen LogP contribution in [0.2, 0.25) is 0 Å². The van der Waals surface area contributed by atoms with Crippen molar-refractivity contribution in [2.24, 2.45) is 0 Å². The molecule has 0 unspecified atom stereocenters. The van der Waals surface area contributed by atoms with Crippen LogP contribution in [0.15, 0.2) is 71.9 Å². The minimum atomic E-state index is -3.73. The average Bonchev–Trinajstić information content (AvgIpc) is 3.14. The highest BCUT2D eigenvalue weighted by atomic mass is 32.2. The van der Waals surface area contributed by atoms with Gasteiger partial charge in [0.2, 0.25) is 5.88 Å². The van der Waals surface area contributed by atoms with Gasteiger partial charge in [-0.05, 0) is 75.4 Å². The lowest BCUT2D eigenvalue weighted by molar-refractivity contribution is 0.340. The van der Waals surface area contributed by atoms with E-state index < -0.39 is 10.0 Å². The van der Waals surface area contributed by atoms with Crippen molar-refractivity contribution in [3.8, 4) is 23.2 Å². The first-order chi connectivity index (χ1) is 15.8. The van der Waals surface area contributed by atoms with Crippen LogP contribution in [-0.2, 0) is 10.0 Å². The quantitative estimate of drug-likeness (QED) is 0.414. The van der Waals surface area contributed by atoms with E-state index in [9.17, 15) is 8.42 Å². The first kappa shape index (κ1) is 22.3. The summed E-state index contributed by atoms with van der Waals surface area (Å²) in [7, 11) is -3.73. The van der Waals surface area contributed by atoms with Gasteiger partial charge in [0.1, 0.15) is 17.8 Å². The fourth-order valence-electron chi connectivity index (χ4n) is 3.17. The number of aryl methyl sites for hydroxylation is 2. The molecule has 1 N–H and O–H groups in total. The summed E-state index contributed by atoms with van der Waals surface area (Å²) < 4.78 is 40.7. The summed E-state index contributed by atoms with van der Waals surface area (Å²) in [5, 5.41) is 4.41. The first-order valence-electron chi connectivity index (χ1n) is 10.2. The van der Waals surface area contributed by atoms with Crippen molar-refractivity contribution < 1.29 is 17.9 Å². The predicted octanol–water partition coefficient (Wildman–Crippen LogP) is 4.27. The van der Waals surface area contributed by atoms with Gasteiger partial charge in [-0.15, -0.1) is 0 Å². The van der Waals surface area contributed by atoms with Gasteiger partial charge in [-0.1, -0.05) is 0 Å². The molecule has 0 bridgehead atoms. The van der Waals surface area contributed by atoms with E-state index in [0.717, 1.165) is 11.4 Å². The Hall–Kier alpha value is -3.92. The van der Waals surface area contributed by atoms with E-state index in [0.29, 0.717) is 35.5 Å². The van der Waals surface area contributed by atoms with Crippen LogP contribution in [0.25, 0.3) is 5.82 Å². The Balaban J connectivity index is 1.45.